The zero-order valence-electron chi connectivity index (χ0n) is 11.5. The average molecular weight is 270 g/mol. The van der Waals surface area contributed by atoms with Crippen molar-refractivity contribution in [1.29, 1.82) is 0 Å². The third kappa shape index (κ3) is 2.96. The topological polar surface area (TPSA) is 63.4 Å². The summed E-state index contributed by atoms with van der Waals surface area (Å²) in [7, 11) is 0. The fourth-order valence-corrected chi connectivity index (χ4v) is 2.31. The third-order valence-electron chi connectivity index (χ3n) is 3.37. The largest absolute Gasteiger partial charge is 0.368 e. The van der Waals surface area contributed by atoms with E-state index in [9.17, 15) is 9.59 Å². The minimum Gasteiger partial charge on any atom is -0.368 e. The van der Waals surface area contributed by atoms with Crippen molar-refractivity contribution in [3.8, 4) is 0 Å². The number of primary amides is 1. The minimum atomic E-state index is -0.581. The van der Waals surface area contributed by atoms with E-state index in [0.29, 0.717) is 6.42 Å². The van der Waals surface area contributed by atoms with Gasteiger partial charge >= 0.3 is 0 Å². The van der Waals surface area contributed by atoms with Crippen LogP contribution in [0.1, 0.15) is 25.3 Å². The number of nitrogens with two attached hydrogens (primary N) is 1. The van der Waals surface area contributed by atoms with E-state index in [-0.39, 0.29) is 12.3 Å². The Balaban J connectivity index is 2.22. The Hall–Kier alpha value is -2.36. The van der Waals surface area contributed by atoms with Crippen LogP contribution >= 0.6 is 0 Å². The number of carbonyl (C=O) groups excluding carboxylic acids is 2. The first-order valence-corrected chi connectivity index (χ1v) is 6.66. The van der Waals surface area contributed by atoms with Crippen molar-refractivity contribution in [2.24, 2.45) is 5.73 Å². The van der Waals surface area contributed by atoms with Gasteiger partial charge in [0.15, 0.2) is 0 Å². The lowest BCUT2D eigenvalue weighted by molar-refractivity contribution is -0.135. The van der Waals surface area contributed by atoms with Crippen molar-refractivity contribution < 1.29 is 9.59 Å². The predicted octanol–water partition coefficient (Wildman–Crippen LogP) is 2.08. The summed E-state index contributed by atoms with van der Waals surface area (Å²) in [6.07, 6.45) is 6.10. The van der Waals surface area contributed by atoms with Crippen molar-refractivity contribution in [3.05, 3.63) is 54.2 Å². The van der Waals surface area contributed by atoms with Gasteiger partial charge in [-0.2, -0.15) is 0 Å². The smallest absolute Gasteiger partial charge is 0.240 e. The zero-order chi connectivity index (χ0) is 14.5. The van der Waals surface area contributed by atoms with Gasteiger partial charge in [0.2, 0.25) is 11.8 Å². The van der Waals surface area contributed by atoms with Crippen LogP contribution in [0, 0.1) is 0 Å². The summed E-state index contributed by atoms with van der Waals surface area (Å²) in [6.45, 7) is 1.84. The summed E-state index contributed by atoms with van der Waals surface area (Å²) >= 11 is 0. The molecule has 1 aliphatic heterocycles. The number of carbonyl (C=O) groups is 2. The number of hydrogen-bond acceptors (Lipinski definition) is 2. The molecule has 104 valence electrons. The maximum atomic E-state index is 12.3. The van der Waals surface area contributed by atoms with Crippen LogP contribution in [0.25, 0.3) is 5.57 Å². The normalized spacial score (nSPS) is 16.6. The van der Waals surface area contributed by atoms with E-state index < -0.39 is 11.9 Å². The van der Waals surface area contributed by atoms with Gasteiger partial charge in [-0.3, -0.25) is 9.59 Å². The molecule has 4 heteroatoms. The lowest BCUT2D eigenvalue weighted by atomic mass is 10.0. The SMILES string of the molecule is CCC(C(N)=O)N1C=CC=C(c2ccccc2)CC1=O. The van der Waals surface area contributed by atoms with Gasteiger partial charge in [-0.05, 0) is 23.6 Å². The molecule has 2 amide bonds. The molecule has 0 bridgehead atoms. The van der Waals surface area contributed by atoms with E-state index in [4.69, 9.17) is 5.73 Å². The molecule has 0 fully saturated rings. The van der Waals surface area contributed by atoms with Crippen molar-refractivity contribution in [2.45, 2.75) is 25.8 Å². The molecule has 0 aliphatic carbocycles. The lowest BCUT2D eigenvalue weighted by Crippen LogP contribution is -2.44. The molecule has 1 heterocycles. The van der Waals surface area contributed by atoms with E-state index in [1.54, 1.807) is 12.3 Å². The summed E-state index contributed by atoms with van der Waals surface area (Å²) in [5.74, 6) is -0.590. The van der Waals surface area contributed by atoms with Crippen molar-refractivity contribution in [2.75, 3.05) is 0 Å². The molecule has 4 nitrogen and oxygen atoms in total. The predicted molar refractivity (Wildman–Crippen MR) is 78.3 cm³/mol. The second-order valence-electron chi connectivity index (χ2n) is 4.70. The zero-order valence-corrected chi connectivity index (χ0v) is 11.5. The van der Waals surface area contributed by atoms with Crippen LogP contribution in [0.3, 0.4) is 0 Å². The average Bonchev–Trinajstić information content (AvgIpc) is 2.63. The van der Waals surface area contributed by atoms with Crippen molar-refractivity contribution in [1.82, 2.24) is 4.90 Å². The summed E-state index contributed by atoms with van der Waals surface area (Å²) in [5.41, 5.74) is 7.31. The molecule has 1 atom stereocenters. The van der Waals surface area contributed by atoms with E-state index >= 15 is 0 Å². The highest BCUT2D eigenvalue weighted by Gasteiger charge is 2.26. The first-order chi connectivity index (χ1) is 9.63. The molecule has 1 aromatic rings. The first kappa shape index (κ1) is 14.1. The van der Waals surface area contributed by atoms with Crippen LogP contribution in [0.5, 0.6) is 0 Å². The van der Waals surface area contributed by atoms with Crippen LogP contribution < -0.4 is 5.73 Å². The van der Waals surface area contributed by atoms with Gasteiger partial charge in [-0.15, -0.1) is 0 Å². The molecule has 1 aliphatic rings. The van der Waals surface area contributed by atoms with E-state index in [0.717, 1.165) is 11.1 Å². The van der Waals surface area contributed by atoms with Crippen LogP contribution in [-0.2, 0) is 9.59 Å². The molecule has 0 radical (unpaired) electrons. The highest BCUT2D eigenvalue weighted by molar-refractivity contribution is 5.94. The van der Waals surface area contributed by atoms with Crippen LogP contribution in [-0.4, -0.2) is 22.8 Å². The number of nitrogens with zero attached hydrogens (tertiary/aromatic N) is 1. The molecule has 0 aromatic heterocycles. The Labute approximate surface area is 118 Å². The van der Waals surface area contributed by atoms with Gasteiger partial charge in [-0.1, -0.05) is 43.3 Å². The maximum Gasteiger partial charge on any atom is 0.240 e. The first-order valence-electron chi connectivity index (χ1n) is 6.66. The van der Waals surface area contributed by atoms with Gasteiger partial charge in [0.1, 0.15) is 6.04 Å². The Bertz CT molecular complexity index is 561. The van der Waals surface area contributed by atoms with Gasteiger partial charge in [0.05, 0.1) is 6.42 Å². The molecule has 2 N–H and O–H groups in total. The van der Waals surface area contributed by atoms with Crippen molar-refractivity contribution >= 4 is 17.4 Å². The second-order valence-corrected chi connectivity index (χ2v) is 4.70. The summed E-state index contributed by atoms with van der Waals surface area (Å²) in [5, 5.41) is 0. The third-order valence-corrected chi connectivity index (χ3v) is 3.37. The Morgan fingerprint density at radius 1 is 1.35 bits per heavy atom. The molecular weight excluding hydrogens is 252 g/mol. The highest BCUT2D eigenvalue weighted by atomic mass is 16.2. The van der Waals surface area contributed by atoms with Gasteiger partial charge in [0, 0.05) is 6.20 Å². The molecule has 1 aromatic carbocycles. The number of hydrogen-bond donors (Lipinski definition) is 1. The lowest BCUT2D eigenvalue weighted by Gasteiger charge is -2.25. The fraction of sp³-hybridized carbons (Fsp3) is 0.250. The van der Waals surface area contributed by atoms with Gasteiger partial charge in [0.25, 0.3) is 0 Å². The molecule has 0 saturated heterocycles. The molecule has 1 unspecified atom stereocenters. The van der Waals surface area contributed by atoms with E-state index in [1.807, 2.05) is 43.3 Å². The number of amides is 2. The number of allylic oxidation sites excluding steroid dienone is 2. The van der Waals surface area contributed by atoms with E-state index in [1.165, 1.54) is 4.90 Å². The second kappa shape index (κ2) is 6.19. The minimum absolute atomic E-state index is 0.112. The van der Waals surface area contributed by atoms with Gasteiger partial charge in [-0.25, -0.2) is 0 Å². The van der Waals surface area contributed by atoms with Crippen molar-refractivity contribution in [3.63, 3.8) is 0 Å². The summed E-state index contributed by atoms with van der Waals surface area (Å²) in [6, 6.07) is 9.16. The number of benzene rings is 1. The standard InChI is InChI=1S/C16H18N2O2/c1-2-14(16(17)20)18-10-6-9-13(11-15(18)19)12-7-4-3-5-8-12/h3-10,14H,2,11H2,1H3,(H2,17,20). The molecule has 2 rings (SSSR count). The molecule has 0 saturated carbocycles. The Morgan fingerprint density at radius 2 is 2.05 bits per heavy atom. The number of rotatable bonds is 4. The maximum absolute atomic E-state index is 12.3. The highest BCUT2D eigenvalue weighted by Crippen LogP contribution is 2.23. The Morgan fingerprint density at radius 3 is 2.65 bits per heavy atom. The van der Waals surface area contributed by atoms with E-state index in [2.05, 4.69) is 0 Å². The quantitative estimate of drug-likeness (QED) is 0.910. The monoisotopic (exact) mass is 270 g/mol. The Kier molecular flexibility index (Phi) is 4.35. The van der Waals surface area contributed by atoms with Crippen LogP contribution in [0.15, 0.2) is 48.7 Å². The molecule has 20 heavy (non-hydrogen) atoms. The van der Waals surface area contributed by atoms with Gasteiger partial charge < -0.3 is 10.6 Å². The van der Waals surface area contributed by atoms with Crippen LogP contribution in [0.4, 0.5) is 0 Å². The fourth-order valence-electron chi connectivity index (χ4n) is 2.31. The molecular formula is C16H18N2O2. The van der Waals surface area contributed by atoms with Crippen LogP contribution in [0.2, 0.25) is 0 Å². The summed E-state index contributed by atoms with van der Waals surface area (Å²) < 4.78 is 0. The summed E-state index contributed by atoms with van der Waals surface area (Å²) in [4.78, 5) is 25.2. The molecule has 0 spiro atoms.